The van der Waals surface area contributed by atoms with Gasteiger partial charge in [0.1, 0.15) is 0 Å². The smallest absolute Gasteiger partial charge is 0.321 e. The Balaban J connectivity index is 2.71. The number of nitrogens with zero attached hydrogens (tertiary/aromatic N) is 1. The van der Waals surface area contributed by atoms with Gasteiger partial charge in [0.25, 0.3) is 0 Å². The van der Waals surface area contributed by atoms with Crippen molar-refractivity contribution in [2.24, 2.45) is 17.6 Å². The Bertz CT molecular complexity index is 428. The number of carbonyl (C=O) groups excluding carboxylic acids is 1. The summed E-state index contributed by atoms with van der Waals surface area (Å²) in [5.74, 6) is 0.907. The molecule has 2 amide bonds. The molecule has 1 aromatic carbocycles. The second-order valence-corrected chi connectivity index (χ2v) is 6.53. The summed E-state index contributed by atoms with van der Waals surface area (Å²) >= 11 is 0. The first kappa shape index (κ1) is 17.5. The highest BCUT2D eigenvalue weighted by atomic mass is 16.2. The number of benzene rings is 1. The van der Waals surface area contributed by atoms with Crippen molar-refractivity contribution in [2.45, 2.75) is 40.7 Å². The Morgan fingerprint density at radius 3 is 1.90 bits per heavy atom. The van der Waals surface area contributed by atoms with E-state index in [0.29, 0.717) is 11.8 Å². The maximum atomic E-state index is 12.4. The first-order valence-electron chi connectivity index (χ1n) is 7.71. The second kappa shape index (κ2) is 8.03. The van der Waals surface area contributed by atoms with Crippen LogP contribution in [0.2, 0.25) is 0 Å². The molecule has 0 aliphatic rings. The van der Waals surface area contributed by atoms with Crippen molar-refractivity contribution in [3.63, 3.8) is 0 Å². The number of anilines is 1. The SMILES string of the molecule is CC(C)CN(CC(C)C)C(=O)Nc1ccc(C(C)N)cc1. The fraction of sp³-hybridized carbons (Fsp3) is 0.588. The molecule has 0 spiro atoms. The summed E-state index contributed by atoms with van der Waals surface area (Å²) in [6.45, 7) is 12.0. The standard InChI is InChI=1S/C17H29N3O/c1-12(2)10-20(11-13(3)4)17(21)19-16-8-6-15(7-9-16)14(5)18/h6-9,12-14H,10-11,18H2,1-5H3,(H,19,21). The lowest BCUT2D eigenvalue weighted by molar-refractivity contribution is 0.196. The molecule has 1 rings (SSSR count). The van der Waals surface area contributed by atoms with E-state index in [1.54, 1.807) is 0 Å². The summed E-state index contributed by atoms with van der Waals surface area (Å²) in [6, 6.07) is 7.68. The Morgan fingerprint density at radius 2 is 1.52 bits per heavy atom. The van der Waals surface area contributed by atoms with Crippen LogP contribution in [0, 0.1) is 11.8 Å². The van der Waals surface area contributed by atoms with Crippen molar-refractivity contribution in [3.05, 3.63) is 29.8 Å². The molecule has 4 nitrogen and oxygen atoms in total. The third-order valence-corrected chi connectivity index (χ3v) is 3.15. The third kappa shape index (κ3) is 6.17. The van der Waals surface area contributed by atoms with E-state index in [1.165, 1.54) is 0 Å². The molecule has 4 heteroatoms. The highest BCUT2D eigenvalue weighted by molar-refractivity contribution is 5.89. The van der Waals surface area contributed by atoms with Crippen LogP contribution in [0.15, 0.2) is 24.3 Å². The molecule has 1 unspecified atom stereocenters. The number of nitrogens with one attached hydrogen (secondary N) is 1. The predicted octanol–water partition coefficient (Wildman–Crippen LogP) is 3.85. The first-order valence-corrected chi connectivity index (χ1v) is 7.71. The van der Waals surface area contributed by atoms with E-state index in [2.05, 4.69) is 33.0 Å². The number of hydrogen-bond donors (Lipinski definition) is 2. The van der Waals surface area contributed by atoms with E-state index in [-0.39, 0.29) is 12.1 Å². The largest absolute Gasteiger partial charge is 0.324 e. The Morgan fingerprint density at radius 1 is 1.05 bits per heavy atom. The summed E-state index contributed by atoms with van der Waals surface area (Å²) in [7, 11) is 0. The van der Waals surface area contributed by atoms with Gasteiger partial charge in [0, 0.05) is 24.8 Å². The summed E-state index contributed by atoms with van der Waals surface area (Å²) in [5.41, 5.74) is 7.70. The van der Waals surface area contributed by atoms with Crippen LogP contribution in [-0.4, -0.2) is 24.0 Å². The van der Waals surface area contributed by atoms with Gasteiger partial charge in [-0.25, -0.2) is 4.79 Å². The normalized spacial score (nSPS) is 12.6. The van der Waals surface area contributed by atoms with Crippen molar-refractivity contribution in [1.29, 1.82) is 0 Å². The minimum Gasteiger partial charge on any atom is -0.324 e. The molecule has 0 radical (unpaired) electrons. The molecular formula is C17H29N3O. The van der Waals surface area contributed by atoms with Crippen molar-refractivity contribution >= 4 is 11.7 Å². The van der Waals surface area contributed by atoms with Crippen molar-refractivity contribution in [3.8, 4) is 0 Å². The van der Waals surface area contributed by atoms with Gasteiger partial charge in [-0.1, -0.05) is 39.8 Å². The van der Waals surface area contributed by atoms with Crippen LogP contribution in [0.1, 0.15) is 46.2 Å². The van der Waals surface area contributed by atoms with Crippen LogP contribution in [0.3, 0.4) is 0 Å². The van der Waals surface area contributed by atoms with Crippen molar-refractivity contribution in [1.82, 2.24) is 4.90 Å². The maximum absolute atomic E-state index is 12.4. The van der Waals surface area contributed by atoms with Crippen LogP contribution in [0.5, 0.6) is 0 Å². The third-order valence-electron chi connectivity index (χ3n) is 3.15. The number of hydrogen-bond acceptors (Lipinski definition) is 2. The van der Waals surface area contributed by atoms with E-state index in [9.17, 15) is 4.79 Å². The topological polar surface area (TPSA) is 58.4 Å². The lowest BCUT2D eigenvalue weighted by Gasteiger charge is -2.26. The molecule has 0 fully saturated rings. The van der Waals surface area contributed by atoms with Gasteiger partial charge in [-0.3, -0.25) is 0 Å². The zero-order valence-electron chi connectivity index (χ0n) is 13.9. The summed E-state index contributed by atoms with van der Waals surface area (Å²) in [6.07, 6.45) is 0. The zero-order valence-corrected chi connectivity index (χ0v) is 13.9. The summed E-state index contributed by atoms with van der Waals surface area (Å²) < 4.78 is 0. The van der Waals surface area contributed by atoms with E-state index in [1.807, 2.05) is 36.1 Å². The number of urea groups is 1. The van der Waals surface area contributed by atoms with Crippen LogP contribution in [0.25, 0.3) is 0 Å². The van der Waals surface area contributed by atoms with Gasteiger partial charge in [-0.15, -0.1) is 0 Å². The number of amides is 2. The second-order valence-electron chi connectivity index (χ2n) is 6.53. The molecule has 1 aromatic rings. The van der Waals surface area contributed by atoms with E-state index in [0.717, 1.165) is 24.3 Å². The molecule has 0 aromatic heterocycles. The average Bonchev–Trinajstić information content (AvgIpc) is 2.37. The minimum absolute atomic E-state index is 0.00753. The summed E-state index contributed by atoms with van der Waals surface area (Å²) in [4.78, 5) is 14.3. The zero-order chi connectivity index (χ0) is 16.0. The van der Waals surface area contributed by atoms with Crippen LogP contribution < -0.4 is 11.1 Å². The van der Waals surface area contributed by atoms with E-state index in [4.69, 9.17) is 5.73 Å². The lowest BCUT2D eigenvalue weighted by Crippen LogP contribution is -2.39. The van der Waals surface area contributed by atoms with Gasteiger partial charge in [0.05, 0.1) is 0 Å². The van der Waals surface area contributed by atoms with Gasteiger partial charge in [0.2, 0.25) is 0 Å². The quantitative estimate of drug-likeness (QED) is 0.836. The number of carbonyl (C=O) groups is 1. The molecule has 0 heterocycles. The molecule has 3 N–H and O–H groups in total. The predicted molar refractivity (Wildman–Crippen MR) is 89.3 cm³/mol. The molecule has 0 aliphatic heterocycles. The first-order chi connectivity index (χ1) is 9.79. The fourth-order valence-corrected chi connectivity index (χ4v) is 2.19. The molecule has 21 heavy (non-hydrogen) atoms. The molecule has 0 saturated carbocycles. The average molecular weight is 291 g/mol. The molecule has 0 saturated heterocycles. The number of nitrogens with two attached hydrogens (primary N) is 1. The lowest BCUT2D eigenvalue weighted by atomic mass is 10.1. The Hall–Kier alpha value is -1.55. The van der Waals surface area contributed by atoms with Gasteiger partial charge in [0.15, 0.2) is 0 Å². The van der Waals surface area contributed by atoms with Crippen molar-refractivity contribution < 1.29 is 4.79 Å². The summed E-state index contributed by atoms with van der Waals surface area (Å²) in [5, 5.41) is 2.97. The minimum atomic E-state index is -0.0362. The fourth-order valence-electron chi connectivity index (χ4n) is 2.19. The molecule has 0 aliphatic carbocycles. The highest BCUT2D eigenvalue weighted by Crippen LogP contribution is 2.15. The van der Waals surface area contributed by atoms with Crippen LogP contribution >= 0.6 is 0 Å². The Labute approximate surface area is 128 Å². The number of rotatable bonds is 6. The van der Waals surface area contributed by atoms with Gasteiger partial charge >= 0.3 is 6.03 Å². The highest BCUT2D eigenvalue weighted by Gasteiger charge is 2.16. The van der Waals surface area contributed by atoms with Crippen LogP contribution in [0.4, 0.5) is 10.5 Å². The van der Waals surface area contributed by atoms with Crippen LogP contribution in [-0.2, 0) is 0 Å². The molecule has 1 atom stereocenters. The Kier molecular flexibility index (Phi) is 6.69. The molecule has 0 bridgehead atoms. The molecular weight excluding hydrogens is 262 g/mol. The van der Waals surface area contributed by atoms with Gasteiger partial charge in [-0.2, -0.15) is 0 Å². The monoisotopic (exact) mass is 291 g/mol. The van der Waals surface area contributed by atoms with E-state index < -0.39 is 0 Å². The van der Waals surface area contributed by atoms with E-state index >= 15 is 0 Å². The van der Waals surface area contributed by atoms with Gasteiger partial charge in [-0.05, 0) is 36.5 Å². The molecule has 118 valence electrons. The van der Waals surface area contributed by atoms with Gasteiger partial charge < -0.3 is 16.0 Å². The van der Waals surface area contributed by atoms with Crippen molar-refractivity contribution in [2.75, 3.05) is 18.4 Å². The maximum Gasteiger partial charge on any atom is 0.321 e.